The lowest BCUT2D eigenvalue weighted by molar-refractivity contribution is -0.122. The second kappa shape index (κ2) is 10.9. The van der Waals surface area contributed by atoms with Crippen LogP contribution in [0.1, 0.15) is 17.5 Å². The van der Waals surface area contributed by atoms with E-state index in [1.54, 1.807) is 11.8 Å². The third-order valence-corrected chi connectivity index (χ3v) is 5.53. The van der Waals surface area contributed by atoms with Crippen LogP contribution < -0.4 is 10.0 Å². The van der Waals surface area contributed by atoms with Crippen LogP contribution in [0, 0.1) is 0 Å². The highest BCUT2D eigenvalue weighted by Gasteiger charge is 2.22. The van der Waals surface area contributed by atoms with Crippen LogP contribution in [-0.2, 0) is 21.4 Å². The van der Waals surface area contributed by atoms with Crippen LogP contribution in [0.4, 0.5) is 0 Å². The summed E-state index contributed by atoms with van der Waals surface area (Å²) in [4.78, 5) is 12.5. The number of sulfonamides is 1. The normalized spacial score (nSPS) is 12.8. The van der Waals surface area contributed by atoms with Crippen molar-refractivity contribution < 1.29 is 13.2 Å². The molecular formula is C20H24N2O3S2. The van der Waals surface area contributed by atoms with Crippen LogP contribution in [0.3, 0.4) is 0 Å². The molecule has 7 heteroatoms. The van der Waals surface area contributed by atoms with Crippen molar-refractivity contribution >= 4 is 33.8 Å². The fourth-order valence-electron chi connectivity index (χ4n) is 2.36. The first kappa shape index (κ1) is 21.2. The van der Waals surface area contributed by atoms with Crippen LogP contribution >= 0.6 is 11.8 Å². The van der Waals surface area contributed by atoms with Gasteiger partial charge in [-0.05, 0) is 35.6 Å². The Morgan fingerprint density at radius 2 is 1.70 bits per heavy atom. The average molecular weight is 405 g/mol. The van der Waals surface area contributed by atoms with Crippen molar-refractivity contribution in [2.75, 3.05) is 12.0 Å². The zero-order valence-corrected chi connectivity index (χ0v) is 16.8. The Labute approximate surface area is 165 Å². The highest BCUT2D eigenvalue weighted by atomic mass is 32.2. The largest absolute Gasteiger partial charge is 0.351 e. The molecule has 0 aliphatic rings. The molecule has 0 bridgehead atoms. The number of carbonyl (C=O) groups excluding carboxylic acids is 1. The van der Waals surface area contributed by atoms with E-state index in [9.17, 15) is 13.2 Å². The summed E-state index contributed by atoms with van der Waals surface area (Å²) in [5, 5.41) is 3.90. The van der Waals surface area contributed by atoms with E-state index in [0.717, 1.165) is 16.5 Å². The molecule has 2 N–H and O–H groups in total. The van der Waals surface area contributed by atoms with Crippen molar-refractivity contribution in [1.82, 2.24) is 10.0 Å². The first-order valence-electron chi connectivity index (χ1n) is 8.56. The topological polar surface area (TPSA) is 75.3 Å². The van der Waals surface area contributed by atoms with E-state index in [0.29, 0.717) is 18.7 Å². The first-order chi connectivity index (χ1) is 13.0. The molecule has 1 unspecified atom stereocenters. The van der Waals surface area contributed by atoms with Crippen molar-refractivity contribution in [3.05, 3.63) is 77.2 Å². The summed E-state index contributed by atoms with van der Waals surface area (Å²) in [6, 6.07) is 17.8. The van der Waals surface area contributed by atoms with Gasteiger partial charge in [0.2, 0.25) is 15.9 Å². The van der Waals surface area contributed by atoms with Gasteiger partial charge >= 0.3 is 0 Å². The molecule has 0 aliphatic heterocycles. The zero-order chi connectivity index (χ0) is 19.5. The Morgan fingerprint density at radius 1 is 1.07 bits per heavy atom. The van der Waals surface area contributed by atoms with E-state index in [1.807, 2.05) is 66.9 Å². The molecule has 5 nitrogen and oxygen atoms in total. The number of thioether (sulfide) groups is 1. The van der Waals surface area contributed by atoms with Gasteiger partial charge in [-0.3, -0.25) is 4.79 Å². The van der Waals surface area contributed by atoms with Crippen molar-refractivity contribution in [3.63, 3.8) is 0 Å². The van der Waals surface area contributed by atoms with E-state index in [1.165, 1.54) is 6.08 Å². The molecule has 27 heavy (non-hydrogen) atoms. The molecule has 2 aromatic carbocycles. The molecule has 0 radical (unpaired) electrons. The summed E-state index contributed by atoms with van der Waals surface area (Å²) in [5.41, 5.74) is 1.73. The highest BCUT2D eigenvalue weighted by molar-refractivity contribution is 7.98. The third-order valence-electron chi connectivity index (χ3n) is 3.78. The molecule has 0 aromatic heterocycles. The Balaban J connectivity index is 2.01. The molecule has 0 aliphatic carbocycles. The van der Waals surface area contributed by atoms with Gasteiger partial charge in [-0.1, -0.05) is 60.7 Å². The standard InChI is InChI=1S/C20H24N2O3S2/c1-26-14-12-19(20(23)21-16-18-10-6-3-7-11-18)22-27(24,25)15-13-17-8-4-2-5-9-17/h2-11,13,15,19,22H,12,14,16H2,1H3,(H,21,23)/b15-13+. The summed E-state index contributed by atoms with van der Waals surface area (Å²) in [6.45, 7) is 0.358. The van der Waals surface area contributed by atoms with Crippen LogP contribution in [-0.4, -0.2) is 32.4 Å². The second-order valence-electron chi connectivity index (χ2n) is 5.91. The molecule has 2 aromatic rings. The molecule has 1 amide bonds. The van der Waals surface area contributed by atoms with Gasteiger partial charge in [0.1, 0.15) is 6.04 Å². The molecule has 0 saturated carbocycles. The van der Waals surface area contributed by atoms with E-state index < -0.39 is 16.1 Å². The number of hydrogen-bond acceptors (Lipinski definition) is 4. The van der Waals surface area contributed by atoms with Gasteiger partial charge in [-0.2, -0.15) is 16.5 Å². The average Bonchev–Trinajstić information content (AvgIpc) is 2.69. The maximum atomic E-state index is 12.5. The van der Waals surface area contributed by atoms with Gasteiger partial charge in [0, 0.05) is 12.0 Å². The van der Waals surface area contributed by atoms with E-state index in [-0.39, 0.29) is 5.91 Å². The molecule has 0 saturated heterocycles. The van der Waals surface area contributed by atoms with Gasteiger partial charge < -0.3 is 5.32 Å². The summed E-state index contributed by atoms with van der Waals surface area (Å²) >= 11 is 1.57. The van der Waals surface area contributed by atoms with Gasteiger partial charge in [-0.15, -0.1) is 0 Å². The maximum Gasteiger partial charge on any atom is 0.238 e. The van der Waals surface area contributed by atoms with Crippen molar-refractivity contribution in [2.24, 2.45) is 0 Å². The molecule has 2 rings (SSSR count). The number of carbonyl (C=O) groups is 1. The number of amides is 1. The van der Waals surface area contributed by atoms with Gasteiger partial charge in [0.05, 0.1) is 0 Å². The first-order valence-corrected chi connectivity index (χ1v) is 11.5. The number of hydrogen-bond donors (Lipinski definition) is 2. The summed E-state index contributed by atoms with van der Waals surface area (Å²) in [5.74, 6) is 0.346. The Bertz CT molecular complexity index is 838. The summed E-state index contributed by atoms with van der Waals surface area (Å²) < 4.78 is 27.2. The third kappa shape index (κ3) is 7.99. The monoisotopic (exact) mass is 404 g/mol. The smallest absolute Gasteiger partial charge is 0.238 e. The Kier molecular flexibility index (Phi) is 8.57. The highest BCUT2D eigenvalue weighted by Crippen LogP contribution is 2.07. The molecule has 0 spiro atoms. The fourth-order valence-corrected chi connectivity index (χ4v) is 3.87. The number of benzene rings is 2. The minimum absolute atomic E-state index is 0.329. The lowest BCUT2D eigenvalue weighted by Gasteiger charge is -2.17. The number of nitrogens with one attached hydrogen (secondary N) is 2. The van der Waals surface area contributed by atoms with Crippen LogP contribution in [0.2, 0.25) is 0 Å². The zero-order valence-electron chi connectivity index (χ0n) is 15.2. The minimum atomic E-state index is -3.74. The van der Waals surface area contributed by atoms with E-state index in [2.05, 4.69) is 10.0 Å². The predicted molar refractivity (Wildman–Crippen MR) is 113 cm³/mol. The van der Waals surface area contributed by atoms with Crippen molar-refractivity contribution in [2.45, 2.75) is 19.0 Å². The lowest BCUT2D eigenvalue weighted by atomic mass is 10.2. The quantitative estimate of drug-likeness (QED) is 0.638. The van der Waals surface area contributed by atoms with Gasteiger partial charge in [-0.25, -0.2) is 8.42 Å². The predicted octanol–water partition coefficient (Wildman–Crippen LogP) is 3.01. The van der Waals surface area contributed by atoms with Crippen LogP contribution in [0.5, 0.6) is 0 Å². The van der Waals surface area contributed by atoms with Crippen molar-refractivity contribution in [3.8, 4) is 0 Å². The Morgan fingerprint density at radius 3 is 2.33 bits per heavy atom. The van der Waals surface area contributed by atoms with E-state index >= 15 is 0 Å². The minimum Gasteiger partial charge on any atom is -0.351 e. The summed E-state index contributed by atoms with van der Waals surface area (Å²) in [7, 11) is -3.74. The van der Waals surface area contributed by atoms with Gasteiger partial charge in [0.25, 0.3) is 0 Å². The Hall–Kier alpha value is -2.09. The molecule has 144 valence electrons. The fraction of sp³-hybridized carbons (Fsp3) is 0.250. The second-order valence-corrected chi connectivity index (χ2v) is 8.50. The number of rotatable bonds is 10. The van der Waals surface area contributed by atoms with Crippen molar-refractivity contribution in [1.29, 1.82) is 0 Å². The van der Waals surface area contributed by atoms with E-state index in [4.69, 9.17) is 0 Å². The SMILES string of the molecule is CSCCC(NS(=O)(=O)/C=C/c1ccccc1)C(=O)NCc1ccccc1. The molecule has 0 heterocycles. The van der Waals surface area contributed by atoms with Gasteiger partial charge in [0.15, 0.2) is 0 Å². The maximum absolute atomic E-state index is 12.5. The van der Waals surface area contributed by atoms with Crippen LogP contribution in [0.25, 0.3) is 6.08 Å². The summed E-state index contributed by atoms with van der Waals surface area (Å²) in [6.07, 6.45) is 3.85. The van der Waals surface area contributed by atoms with Crippen LogP contribution in [0.15, 0.2) is 66.1 Å². The molecular weight excluding hydrogens is 380 g/mol. The molecule has 0 fully saturated rings. The lowest BCUT2D eigenvalue weighted by Crippen LogP contribution is -2.46. The molecule has 1 atom stereocenters.